The molecule has 1 atom stereocenters. The second-order valence-corrected chi connectivity index (χ2v) is 8.83. The number of carbonyl (C=O) groups excluding carboxylic acids is 2. The summed E-state index contributed by atoms with van der Waals surface area (Å²) in [4.78, 5) is 34.6. The fourth-order valence-electron chi connectivity index (χ4n) is 4.81. The summed E-state index contributed by atoms with van der Waals surface area (Å²) < 4.78 is 16.8. The Balaban J connectivity index is 1.83. The summed E-state index contributed by atoms with van der Waals surface area (Å²) in [7, 11) is 0. The third-order valence-corrected chi connectivity index (χ3v) is 6.82. The Hall–Kier alpha value is -3.52. The van der Waals surface area contributed by atoms with Crippen molar-refractivity contribution in [2.24, 2.45) is 0 Å². The quantitative estimate of drug-likeness (QED) is 0.298. The number of amides is 1. The first-order valence-electron chi connectivity index (χ1n) is 12.0. The van der Waals surface area contributed by atoms with Crippen molar-refractivity contribution in [3.63, 3.8) is 0 Å². The van der Waals surface area contributed by atoms with Crippen LogP contribution in [0.2, 0.25) is 0 Å². The largest absolute Gasteiger partial charge is 0.505 e. The summed E-state index contributed by atoms with van der Waals surface area (Å²) in [5.74, 6) is -2.49. The SMILES string of the molecule is CCN(CC)CCCN1C(=O)C(=O)C(=C(O)c2nc3c(C)cccn3c2C)C1c1ccccc1F. The van der Waals surface area contributed by atoms with Crippen molar-refractivity contribution in [2.75, 3.05) is 26.2 Å². The molecule has 3 heterocycles. The number of carbonyl (C=O) groups is 2. The lowest BCUT2D eigenvalue weighted by atomic mass is 9.96. The number of nitrogens with zero attached hydrogens (tertiary/aromatic N) is 4. The molecule has 184 valence electrons. The third-order valence-electron chi connectivity index (χ3n) is 6.82. The maximum atomic E-state index is 15.0. The van der Waals surface area contributed by atoms with E-state index < -0.39 is 23.5 Å². The van der Waals surface area contributed by atoms with E-state index in [0.29, 0.717) is 17.8 Å². The van der Waals surface area contributed by atoms with E-state index in [1.165, 1.54) is 11.0 Å². The van der Waals surface area contributed by atoms with Gasteiger partial charge >= 0.3 is 0 Å². The van der Waals surface area contributed by atoms with E-state index in [0.717, 1.165) is 25.2 Å². The Bertz CT molecular complexity index is 1310. The molecule has 1 aliphatic heterocycles. The average Bonchev–Trinajstić information content (AvgIpc) is 3.32. The minimum absolute atomic E-state index is 0.132. The van der Waals surface area contributed by atoms with Crippen LogP contribution in [0, 0.1) is 19.7 Å². The maximum absolute atomic E-state index is 15.0. The molecule has 0 bridgehead atoms. The smallest absolute Gasteiger partial charge is 0.295 e. The molecular formula is C27H31FN4O3. The lowest BCUT2D eigenvalue weighted by Gasteiger charge is -2.27. The predicted octanol–water partition coefficient (Wildman–Crippen LogP) is 4.24. The Labute approximate surface area is 204 Å². The summed E-state index contributed by atoms with van der Waals surface area (Å²) >= 11 is 0. The van der Waals surface area contributed by atoms with Gasteiger partial charge in [-0.05, 0) is 57.6 Å². The Morgan fingerprint density at radius 1 is 1.11 bits per heavy atom. The number of fused-ring (bicyclic) bond motifs is 1. The van der Waals surface area contributed by atoms with Crippen LogP contribution in [-0.4, -0.2) is 62.2 Å². The number of imidazole rings is 1. The van der Waals surface area contributed by atoms with Gasteiger partial charge in [-0.1, -0.05) is 38.1 Å². The number of aryl methyl sites for hydroxylation is 2. The number of pyridine rings is 1. The lowest BCUT2D eigenvalue weighted by Crippen LogP contribution is -2.33. The van der Waals surface area contributed by atoms with Crippen LogP contribution >= 0.6 is 0 Å². The molecule has 7 nitrogen and oxygen atoms in total. The van der Waals surface area contributed by atoms with E-state index in [2.05, 4.69) is 23.7 Å². The average molecular weight is 479 g/mol. The fourth-order valence-corrected chi connectivity index (χ4v) is 4.81. The molecule has 1 fully saturated rings. The Kier molecular flexibility index (Phi) is 7.03. The number of aliphatic hydroxyl groups excluding tert-OH is 1. The van der Waals surface area contributed by atoms with Crippen LogP contribution in [0.25, 0.3) is 11.4 Å². The van der Waals surface area contributed by atoms with Crippen LogP contribution in [0.5, 0.6) is 0 Å². The van der Waals surface area contributed by atoms with Gasteiger partial charge in [0.05, 0.1) is 17.3 Å². The Morgan fingerprint density at radius 3 is 2.49 bits per heavy atom. The molecule has 3 aromatic rings. The van der Waals surface area contributed by atoms with E-state index in [1.54, 1.807) is 25.1 Å². The van der Waals surface area contributed by atoms with Crippen LogP contribution in [0.15, 0.2) is 48.2 Å². The van der Waals surface area contributed by atoms with Crippen molar-refractivity contribution in [2.45, 2.75) is 40.2 Å². The molecule has 1 saturated heterocycles. The predicted molar refractivity (Wildman–Crippen MR) is 132 cm³/mol. The van der Waals surface area contributed by atoms with Crippen molar-refractivity contribution in [1.82, 2.24) is 19.2 Å². The zero-order valence-electron chi connectivity index (χ0n) is 20.6. The number of hydrogen-bond acceptors (Lipinski definition) is 5. The molecular weight excluding hydrogens is 447 g/mol. The summed E-state index contributed by atoms with van der Waals surface area (Å²) in [6.07, 6.45) is 2.44. The number of benzene rings is 1. The molecule has 0 radical (unpaired) electrons. The fraction of sp³-hybridized carbons (Fsp3) is 0.370. The van der Waals surface area contributed by atoms with Crippen LogP contribution in [-0.2, 0) is 9.59 Å². The molecule has 0 aliphatic carbocycles. The normalized spacial score (nSPS) is 17.8. The van der Waals surface area contributed by atoms with Gasteiger partial charge in [-0.3, -0.25) is 9.59 Å². The van der Waals surface area contributed by atoms with Crippen molar-refractivity contribution >= 4 is 23.1 Å². The summed E-state index contributed by atoms with van der Waals surface area (Å²) in [6.45, 7) is 10.6. The summed E-state index contributed by atoms with van der Waals surface area (Å²) in [5.41, 5.74) is 2.42. The zero-order valence-corrected chi connectivity index (χ0v) is 20.6. The van der Waals surface area contributed by atoms with Crippen molar-refractivity contribution in [1.29, 1.82) is 0 Å². The van der Waals surface area contributed by atoms with E-state index in [4.69, 9.17) is 0 Å². The van der Waals surface area contributed by atoms with E-state index >= 15 is 0 Å². The molecule has 4 rings (SSSR count). The highest BCUT2D eigenvalue weighted by Gasteiger charge is 2.47. The first-order valence-corrected chi connectivity index (χ1v) is 12.0. The van der Waals surface area contributed by atoms with Crippen molar-refractivity contribution in [3.8, 4) is 0 Å². The monoisotopic (exact) mass is 478 g/mol. The number of hydrogen-bond donors (Lipinski definition) is 1. The maximum Gasteiger partial charge on any atom is 0.295 e. The number of aliphatic hydroxyl groups is 1. The van der Waals surface area contributed by atoms with Crippen molar-refractivity contribution in [3.05, 3.63) is 76.5 Å². The van der Waals surface area contributed by atoms with Gasteiger partial charge < -0.3 is 19.3 Å². The second-order valence-electron chi connectivity index (χ2n) is 8.83. The summed E-state index contributed by atoms with van der Waals surface area (Å²) in [6, 6.07) is 8.81. The molecule has 0 spiro atoms. The number of Topliss-reactive ketones (excluding diaryl/α,β-unsaturated/α-hetero) is 1. The highest BCUT2D eigenvalue weighted by Crippen LogP contribution is 2.40. The highest BCUT2D eigenvalue weighted by molar-refractivity contribution is 6.46. The minimum Gasteiger partial charge on any atom is -0.505 e. The highest BCUT2D eigenvalue weighted by atomic mass is 19.1. The van der Waals surface area contributed by atoms with Gasteiger partial charge in [0.1, 0.15) is 17.2 Å². The molecule has 1 aliphatic rings. The molecule has 2 aromatic heterocycles. The van der Waals surface area contributed by atoms with Gasteiger partial charge in [-0.2, -0.15) is 0 Å². The van der Waals surface area contributed by atoms with Gasteiger partial charge in [0.15, 0.2) is 5.76 Å². The first-order chi connectivity index (χ1) is 16.8. The Morgan fingerprint density at radius 2 is 1.83 bits per heavy atom. The third kappa shape index (κ3) is 4.34. The number of halogens is 1. The van der Waals surface area contributed by atoms with Crippen LogP contribution in [0.4, 0.5) is 4.39 Å². The zero-order chi connectivity index (χ0) is 25.3. The van der Waals surface area contributed by atoms with E-state index in [1.807, 2.05) is 29.7 Å². The van der Waals surface area contributed by atoms with E-state index in [-0.39, 0.29) is 29.1 Å². The topological polar surface area (TPSA) is 78.2 Å². The van der Waals surface area contributed by atoms with Crippen LogP contribution in [0.3, 0.4) is 0 Å². The number of likely N-dealkylation sites (tertiary alicyclic amines) is 1. The molecule has 8 heteroatoms. The standard InChI is InChI=1S/C27H31FN4O3/c1-5-30(6-2)14-10-16-32-23(19-12-7-8-13-20(19)28)21(25(34)27(32)35)24(33)22-18(4)31-15-9-11-17(3)26(31)29-22/h7-9,11-13,15,23,33H,5-6,10,14,16H2,1-4H3. The molecule has 1 N–H and O–H groups in total. The molecule has 1 unspecified atom stereocenters. The van der Waals surface area contributed by atoms with Crippen molar-refractivity contribution < 1.29 is 19.1 Å². The molecule has 0 saturated carbocycles. The molecule has 1 aromatic carbocycles. The minimum atomic E-state index is -1.03. The first kappa shape index (κ1) is 24.6. The molecule has 1 amide bonds. The lowest BCUT2D eigenvalue weighted by molar-refractivity contribution is -0.140. The number of rotatable bonds is 8. The van der Waals surface area contributed by atoms with Gasteiger partial charge in [0.25, 0.3) is 11.7 Å². The van der Waals surface area contributed by atoms with Gasteiger partial charge in [0, 0.05) is 18.3 Å². The number of ketones is 1. The van der Waals surface area contributed by atoms with Crippen LogP contribution < -0.4 is 0 Å². The van der Waals surface area contributed by atoms with Gasteiger partial charge in [-0.25, -0.2) is 9.37 Å². The van der Waals surface area contributed by atoms with Gasteiger partial charge in [0.2, 0.25) is 0 Å². The van der Waals surface area contributed by atoms with Gasteiger partial charge in [-0.15, -0.1) is 0 Å². The second kappa shape index (κ2) is 10.00. The number of aromatic nitrogens is 2. The molecule has 35 heavy (non-hydrogen) atoms. The summed E-state index contributed by atoms with van der Waals surface area (Å²) in [5, 5.41) is 11.4. The van der Waals surface area contributed by atoms with Crippen LogP contribution in [0.1, 0.15) is 48.8 Å². The van der Waals surface area contributed by atoms with E-state index in [9.17, 15) is 19.1 Å².